The van der Waals surface area contributed by atoms with Crippen LogP contribution in [0.4, 0.5) is 5.69 Å². The zero-order chi connectivity index (χ0) is 18.6. The van der Waals surface area contributed by atoms with Gasteiger partial charge in [-0.1, -0.05) is 6.42 Å². The molecule has 1 aliphatic rings. The Morgan fingerprint density at radius 1 is 1.11 bits per heavy atom. The Bertz CT molecular complexity index is 966. The summed E-state index contributed by atoms with van der Waals surface area (Å²) in [6, 6.07) is 11.4. The predicted molar refractivity (Wildman–Crippen MR) is 104 cm³/mol. The maximum Gasteiger partial charge on any atom is 0.248 e. The van der Waals surface area contributed by atoms with E-state index in [-0.39, 0.29) is 5.91 Å². The summed E-state index contributed by atoms with van der Waals surface area (Å²) < 4.78 is 7.63. The maximum absolute atomic E-state index is 12.1. The molecule has 0 radical (unpaired) electrons. The number of hydrogen-bond acceptors (Lipinski definition) is 4. The SMILES string of the molecule is Cc1ccc(C=CC(=O)Nc2ccc(-c3nnc4n3CCCCC4)cc2)o1. The fraction of sp³-hybridized carbons (Fsp3) is 0.286. The van der Waals surface area contributed by atoms with E-state index in [1.54, 1.807) is 6.08 Å². The monoisotopic (exact) mass is 362 g/mol. The highest BCUT2D eigenvalue weighted by atomic mass is 16.3. The van der Waals surface area contributed by atoms with Crippen LogP contribution in [0.2, 0.25) is 0 Å². The summed E-state index contributed by atoms with van der Waals surface area (Å²) >= 11 is 0. The van der Waals surface area contributed by atoms with E-state index in [4.69, 9.17) is 4.42 Å². The summed E-state index contributed by atoms with van der Waals surface area (Å²) in [5.74, 6) is 3.24. The second-order valence-electron chi connectivity index (χ2n) is 6.75. The van der Waals surface area contributed by atoms with Crippen molar-refractivity contribution in [1.82, 2.24) is 14.8 Å². The van der Waals surface area contributed by atoms with Gasteiger partial charge in [0.05, 0.1) is 0 Å². The van der Waals surface area contributed by atoms with Crippen LogP contribution in [0.15, 0.2) is 46.9 Å². The molecule has 0 unspecified atom stereocenters. The van der Waals surface area contributed by atoms with Crippen LogP contribution < -0.4 is 5.32 Å². The van der Waals surface area contributed by atoms with E-state index >= 15 is 0 Å². The van der Waals surface area contributed by atoms with Gasteiger partial charge < -0.3 is 14.3 Å². The van der Waals surface area contributed by atoms with Crippen molar-refractivity contribution in [3.8, 4) is 11.4 Å². The molecule has 0 saturated carbocycles. The first-order valence-electron chi connectivity index (χ1n) is 9.27. The molecular formula is C21H22N4O2. The summed E-state index contributed by atoms with van der Waals surface area (Å²) in [5.41, 5.74) is 1.75. The molecule has 2 aromatic heterocycles. The van der Waals surface area contributed by atoms with Crippen LogP contribution in [0.1, 0.15) is 36.6 Å². The van der Waals surface area contributed by atoms with E-state index in [0.29, 0.717) is 5.76 Å². The topological polar surface area (TPSA) is 73.0 Å². The lowest BCUT2D eigenvalue weighted by Crippen LogP contribution is -2.07. The van der Waals surface area contributed by atoms with Crippen molar-refractivity contribution in [1.29, 1.82) is 0 Å². The molecule has 6 heteroatoms. The summed E-state index contributed by atoms with van der Waals surface area (Å²) in [6.07, 6.45) is 7.68. The van der Waals surface area contributed by atoms with Crippen molar-refractivity contribution < 1.29 is 9.21 Å². The third-order valence-corrected chi connectivity index (χ3v) is 4.68. The van der Waals surface area contributed by atoms with Crippen LogP contribution >= 0.6 is 0 Å². The highest BCUT2D eigenvalue weighted by Gasteiger charge is 2.15. The smallest absolute Gasteiger partial charge is 0.248 e. The van der Waals surface area contributed by atoms with Gasteiger partial charge in [0.1, 0.15) is 17.3 Å². The molecule has 138 valence electrons. The zero-order valence-electron chi connectivity index (χ0n) is 15.3. The number of fused-ring (bicyclic) bond motifs is 1. The number of benzene rings is 1. The van der Waals surface area contributed by atoms with Crippen molar-refractivity contribution in [2.24, 2.45) is 0 Å². The quantitative estimate of drug-likeness (QED) is 0.705. The molecule has 0 spiro atoms. The Morgan fingerprint density at radius 3 is 2.74 bits per heavy atom. The lowest BCUT2D eigenvalue weighted by atomic mass is 10.2. The van der Waals surface area contributed by atoms with Gasteiger partial charge in [-0.3, -0.25) is 4.79 Å². The molecule has 1 amide bonds. The number of amides is 1. The molecule has 1 N–H and O–H groups in total. The first-order valence-corrected chi connectivity index (χ1v) is 9.27. The maximum atomic E-state index is 12.1. The molecule has 4 rings (SSSR count). The number of aryl methyl sites for hydroxylation is 2. The molecule has 6 nitrogen and oxygen atoms in total. The Kier molecular flexibility index (Phi) is 4.87. The molecule has 0 atom stereocenters. The number of anilines is 1. The van der Waals surface area contributed by atoms with Crippen molar-refractivity contribution in [3.63, 3.8) is 0 Å². The number of hydrogen-bond donors (Lipinski definition) is 1. The lowest BCUT2D eigenvalue weighted by molar-refractivity contribution is -0.111. The molecule has 1 aliphatic heterocycles. The number of nitrogens with zero attached hydrogens (tertiary/aromatic N) is 3. The third kappa shape index (κ3) is 4.00. The Morgan fingerprint density at radius 2 is 1.96 bits per heavy atom. The molecule has 0 aliphatic carbocycles. The molecule has 0 fully saturated rings. The fourth-order valence-electron chi connectivity index (χ4n) is 3.29. The minimum absolute atomic E-state index is 0.201. The number of furan rings is 1. The zero-order valence-corrected chi connectivity index (χ0v) is 15.3. The van der Waals surface area contributed by atoms with Crippen molar-refractivity contribution in [3.05, 3.63) is 59.8 Å². The van der Waals surface area contributed by atoms with Crippen LogP contribution in [0.25, 0.3) is 17.5 Å². The molecule has 3 aromatic rings. The summed E-state index contributed by atoms with van der Waals surface area (Å²) in [7, 11) is 0. The normalized spacial score (nSPS) is 14.1. The highest BCUT2D eigenvalue weighted by molar-refractivity contribution is 6.01. The van der Waals surface area contributed by atoms with Gasteiger partial charge in [0, 0.05) is 30.3 Å². The minimum atomic E-state index is -0.201. The third-order valence-electron chi connectivity index (χ3n) is 4.68. The van der Waals surface area contributed by atoms with Gasteiger partial charge in [-0.15, -0.1) is 10.2 Å². The second kappa shape index (κ2) is 7.61. The van der Waals surface area contributed by atoms with Gasteiger partial charge in [-0.05, 0) is 62.2 Å². The first-order chi connectivity index (χ1) is 13.2. The number of nitrogens with one attached hydrogen (secondary N) is 1. The van der Waals surface area contributed by atoms with Crippen LogP contribution in [-0.2, 0) is 17.8 Å². The van der Waals surface area contributed by atoms with Gasteiger partial charge in [0.15, 0.2) is 5.82 Å². The van der Waals surface area contributed by atoms with E-state index in [2.05, 4.69) is 20.1 Å². The van der Waals surface area contributed by atoms with E-state index in [1.807, 2.05) is 43.3 Å². The molecule has 0 bridgehead atoms. The number of carbonyl (C=O) groups is 1. The Balaban J connectivity index is 1.44. The summed E-state index contributed by atoms with van der Waals surface area (Å²) in [4.78, 5) is 12.1. The average Bonchev–Trinajstić information content (AvgIpc) is 3.20. The van der Waals surface area contributed by atoms with Crippen molar-refractivity contribution in [2.45, 2.75) is 39.2 Å². The summed E-state index contributed by atoms with van der Waals surface area (Å²) in [6.45, 7) is 2.83. The largest absolute Gasteiger partial charge is 0.462 e. The molecule has 1 aromatic carbocycles. The number of rotatable bonds is 4. The average molecular weight is 362 g/mol. The van der Waals surface area contributed by atoms with Crippen LogP contribution in [0, 0.1) is 6.92 Å². The Hall–Kier alpha value is -3.15. The van der Waals surface area contributed by atoms with Crippen LogP contribution in [0.3, 0.4) is 0 Å². The van der Waals surface area contributed by atoms with Gasteiger partial charge >= 0.3 is 0 Å². The highest BCUT2D eigenvalue weighted by Crippen LogP contribution is 2.24. The van der Waals surface area contributed by atoms with Crippen LogP contribution in [-0.4, -0.2) is 20.7 Å². The predicted octanol–water partition coefficient (Wildman–Crippen LogP) is 4.22. The fourth-order valence-corrected chi connectivity index (χ4v) is 3.29. The van der Waals surface area contributed by atoms with Gasteiger partial charge in [0.2, 0.25) is 5.91 Å². The van der Waals surface area contributed by atoms with E-state index < -0.39 is 0 Å². The lowest BCUT2D eigenvalue weighted by Gasteiger charge is -2.08. The number of carbonyl (C=O) groups excluding carboxylic acids is 1. The van der Waals surface area contributed by atoms with E-state index in [0.717, 1.165) is 48.0 Å². The standard InChI is InChI=1S/C21H22N4O2/c1-15-6-11-18(27-15)12-13-20(26)22-17-9-7-16(8-10-17)21-24-23-19-5-3-2-4-14-25(19)21/h6-13H,2-5,14H2,1H3,(H,22,26). The van der Waals surface area contributed by atoms with Crippen molar-refractivity contribution in [2.75, 3.05) is 5.32 Å². The van der Waals surface area contributed by atoms with E-state index in [9.17, 15) is 4.79 Å². The van der Waals surface area contributed by atoms with Crippen LogP contribution in [0.5, 0.6) is 0 Å². The molecular weight excluding hydrogens is 340 g/mol. The number of aromatic nitrogens is 3. The van der Waals surface area contributed by atoms with Gasteiger partial charge in [0.25, 0.3) is 0 Å². The van der Waals surface area contributed by atoms with E-state index in [1.165, 1.54) is 18.9 Å². The van der Waals surface area contributed by atoms with Gasteiger partial charge in [-0.2, -0.15) is 0 Å². The molecule has 0 saturated heterocycles. The summed E-state index contributed by atoms with van der Waals surface area (Å²) in [5, 5.41) is 11.6. The molecule has 27 heavy (non-hydrogen) atoms. The Labute approximate surface area is 157 Å². The molecule has 3 heterocycles. The van der Waals surface area contributed by atoms with Crippen molar-refractivity contribution >= 4 is 17.7 Å². The van der Waals surface area contributed by atoms with Gasteiger partial charge in [-0.25, -0.2) is 0 Å². The minimum Gasteiger partial charge on any atom is -0.462 e. The first kappa shape index (κ1) is 17.3. The second-order valence-corrected chi connectivity index (χ2v) is 6.75.